The number of nitrogens with one attached hydrogen (secondary N) is 1. The topological polar surface area (TPSA) is 90.7 Å². The second-order valence-corrected chi connectivity index (χ2v) is 4.51. The highest BCUT2D eigenvalue weighted by molar-refractivity contribution is 5.99. The fraction of sp³-hybridized carbons (Fsp3) is 0.333. The quantitative estimate of drug-likeness (QED) is 0.812. The van der Waals surface area contributed by atoms with Crippen LogP contribution in [0.15, 0.2) is 18.2 Å². The number of hydrogen-bond acceptors (Lipinski definition) is 4. The van der Waals surface area contributed by atoms with Gasteiger partial charge >= 0.3 is 0 Å². The molecule has 0 aromatic heterocycles. The van der Waals surface area contributed by atoms with Gasteiger partial charge in [0, 0.05) is 5.56 Å². The van der Waals surface area contributed by atoms with Gasteiger partial charge in [0.15, 0.2) is 11.5 Å². The van der Waals surface area contributed by atoms with Crippen LogP contribution in [0, 0.1) is 0 Å². The third-order valence-corrected chi connectivity index (χ3v) is 2.68. The van der Waals surface area contributed by atoms with Crippen molar-refractivity contribution in [3.8, 4) is 11.5 Å². The largest absolute Gasteiger partial charge is 0.454 e. The van der Waals surface area contributed by atoms with Gasteiger partial charge < -0.3 is 20.5 Å². The van der Waals surface area contributed by atoms with Gasteiger partial charge in [-0.2, -0.15) is 0 Å². The van der Waals surface area contributed by atoms with Gasteiger partial charge in [-0.1, -0.05) is 0 Å². The van der Waals surface area contributed by atoms with Gasteiger partial charge in [-0.15, -0.1) is 0 Å². The maximum Gasteiger partial charge on any atom is 0.252 e. The van der Waals surface area contributed by atoms with Crippen molar-refractivity contribution in [1.29, 1.82) is 0 Å². The predicted octanol–water partition coefficient (Wildman–Crippen LogP) is 0.409. The van der Waals surface area contributed by atoms with Gasteiger partial charge in [0.2, 0.25) is 12.7 Å². The highest BCUT2D eigenvalue weighted by Gasteiger charge is 2.28. The van der Waals surface area contributed by atoms with E-state index in [0.29, 0.717) is 17.1 Å². The molecule has 3 N–H and O–H groups in total. The lowest BCUT2D eigenvalue weighted by Crippen LogP contribution is -2.52. The van der Waals surface area contributed by atoms with Crippen molar-refractivity contribution >= 4 is 11.8 Å². The molecule has 0 saturated heterocycles. The number of rotatable bonds is 3. The summed E-state index contributed by atoms with van der Waals surface area (Å²) in [5.41, 5.74) is 4.47. The van der Waals surface area contributed by atoms with E-state index in [1.54, 1.807) is 32.0 Å². The van der Waals surface area contributed by atoms with E-state index in [2.05, 4.69) is 5.32 Å². The smallest absolute Gasteiger partial charge is 0.252 e. The Morgan fingerprint density at radius 3 is 2.61 bits per heavy atom. The number of hydrogen-bond donors (Lipinski definition) is 2. The van der Waals surface area contributed by atoms with Gasteiger partial charge in [0.25, 0.3) is 5.91 Å². The summed E-state index contributed by atoms with van der Waals surface area (Å²) >= 11 is 0. The molecule has 6 nitrogen and oxygen atoms in total. The number of primary amides is 1. The Labute approximate surface area is 104 Å². The van der Waals surface area contributed by atoms with Crippen LogP contribution in [-0.2, 0) is 4.79 Å². The summed E-state index contributed by atoms with van der Waals surface area (Å²) in [7, 11) is 0. The Hall–Kier alpha value is -2.24. The number of benzene rings is 1. The Balaban J connectivity index is 2.17. The first-order valence-corrected chi connectivity index (χ1v) is 5.42. The lowest BCUT2D eigenvalue weighted by molar-refractivity contribution is -0.122. The summed E-state index contributed by atoms with van der Waals surface area (Å²) in [6, 6.07) is 4.81. The second-order valence-electron chi connectivity index (χ2n) is 4.51. The summed E-state index contributed by atoms with van der Waals surface area (Å²) < 4.78 is 10.3. The first kappa shape index (κ1) is 12.2. The van der Waals surface area contributed by atoms with Crippen molar-refractivity contribution in [3.63, 3.8) is 0 Å². The highest BCUT2D eigenvalue weighted by atomic mass is 16.7. The van der Waals surface area contributed by atoms with Crippen LogP contribution in [0.2, 0.25) is 0 Å². The maximum atomic E-state index is 11.9. The number of ether oxygens (including phenoxy) is 2. The van der Waals surface area contributed by atoms with Crippen molar-refractivity contribution in [1.82, 2.24) is 5.32 Å². The first-order chi connectivity index (χ1) is 8.40. The number of nitrogens with two attached hydrogens (primary N) is 1. The van der Waals surface area contributed by atoms with Crippen molar-refractivity contribution in [2.24, 2.45) is 5.73 Å². The van der Waals surface area contributed by atoms with Crippen molar-refractivity contribution in [3.05, 3.63) is 23.8 Å². The van der Waals surface area contributed by atoms with Crippen LogP contribution >= 0.6 is 0 Å². The van der Waals surface area contributed by atoms with Crippen LogP contribution in [0.25, 0.3) is 0 Å². The fourth-order valence-electron chi connectivity index (χ4n) is 1.46. The molecule has 2 amide bonds. The molecular weight excluding hydrogens is 236 g/mol. The Bertz CT molecular complexity index is 511. The summed E-state index contributed by atoms with van der Waals surface area (Å²) in [4.78, 5) is 23.1. The molecule has 0 aliphatic carbocycles. The predicted molar refractivity (Wildman–Crippen MR) is 63.3 cm³/mol. The van der Waals surface area contributed by atoms with Gasteiger partial charge in [-0.05, 0) is 32.0 Å². The van der Waals surface area contributed by atoms with Crippen LogP contribution in [0.1, 0.15) is 24.2 Å². The molecule has 1 aromatic carbocycles. The standard InChI is InChI=1S/C12H14N2O4/c1-12(2,11(13)16)14-10(15)7-3-4-8-9(5-7)18-6-17-8/h3-5H,6H2,1-2H3,(H2,13,16)(H,14,15). The van der Waals surface area contributed by atoms with Crippen LogP contribution in [0.3, 0.4) is 0 Å². The van der Waals surface area contributed by atoms with E-state index in [0.717, 1.165) is 0 Å². The van der Waals surface area contributed by atoms with Gasteiger partial charge in [0.05, 0.1) is 0 Å². The molecule has 2 rings (SSSR count). The molecule has 0 unspecified atom stereocenters. The number of fused-ring (bicyclic) bond motifs is 1. The Kier molecular flexibility index (Phi) is 2.86. The SMILES string of the molecule is CC(C)(NC(=O)c1ccc2c(c1)OCO2)C(N)=O. The molecule has 1 aromatic rings. The number of amides is 2. The molecule has 0 atom stereocenters. The zero-order valence-corrected chi connectivity index (χ0v) is 10.1. The minimum atomic E-state index is -1.10. The molecule has 0 saturated carbocycles. The van der Waals surface area contributed by atoms with E-state index < -0.39 is 17.4 Å². The zero-order valence-electron chi connectivity index (χ0n) is 10.1. The summed E-state index contributed by atoms with van der Waals surface area (Å²) in [6.07, 6.45) is 0. The molecule has 96 valence electrons. The van der Waals surface area contributed by atoms with Gasteiger partial charge in [0.1, 0.15) is 5.54 Å². The maximum absolute atomic E-state index is 11.9. The van der Waals surface area contributed by atoms with E-state index >= 15 is 0 Å². The molecule has 0 radical (unpaired) electrons. The fourth-order valence-corrected chi connectivity index (χ4v) is 1.46. The third kappa shape index (κ3) is 2.22. The molecule has 6 heteroatoms. The average Bonchev–Trinajstić information content (AvgIpc) is 2.74. The normalized spacial score (nSPS) is 13.2. The third-order valence-electron chi connectivity index (χ3n) is 2.68. The Morgan fingerprint density at radius 2 is 1.94 bits per heavy atom. The monoisotopic (exact) mass is 250 g/mol. The summed E-state index contributed by atoms with van der Waals surface area (Å²) in [5.74, 6) is 0.119. The minimum absolute atomic E-state index is 0.146. The molecular formula is C12H14N2O4. The number of carbonyl (C=O) groups is 2. The van der Waals surface area contributed by atoms with E-state index in [4.69, 9.17) is 15.2 Å². The minimum Gasteiger partial charge on any atom is -0.454 e. The van der Waals surface area contributed by atoms with Crippen molar-refractivity contribution in [2.75, 3.05) is 6.79 Å². The lowest BCUT2D eigenvalue weighted by Gasteiger charge is -2.22. The molecule has 0 bridgehead atoms. The Morgan fingerprint density at radius 1 is 1.28 bits per heavy atom. The van der Waals surface area contributed by atoms with Gasteiger partial charge in [-0.25, -0.2) is 0 Å². The van der Waals surface area contributed by atoms with Crippen molar-refractivity contribution < 1.29 is 19.1 Å². The van der Waals surface area contributed by atoms with Crippen LogP contribution < -0.4 is 20.5 Å². The van der Waals surface area contributed by atoms with E-state index in [-0.39, 0.29) is 6.79 Å². The summed E-state index contributed by atoms with van der Waals surface area (Å²) in [5, 5.41) is 2.55. The summed E-state index contributed by atoms with van der Waals surface area (Å²) in [6.45, 7) is 3.23. The second kappa shape index (κ2) is 4.21. The van der Waals surface area contributed by atoms with E-state index in [1.165, 1.54) is 0 Å². The van der Waals surface area contributed by atoms with Gasteiger partial charge in [-0.3, -0.25) is 9.59 Å². The average molecular weight is 250 g/mol. The highest BCUT2D eigenvalue weighted by Crippen LogP contribution is 2.32. The van der Waals surface area contributed by atoms with Crippen LogP contribution in [0.5, 0.6) is 11.5 Å². The molecule has 18 heavy (non-hydrogen) atoms. The number of carbonyl (C=O) groups excluding carboxylic acids is 2. The van der Waals surface area contributed by atoms with Crippen molar-refractivity contribution in [2.45, 2.75) is 19.4 Å². The first-order valence-electron chi connectivity index (χ1n) is 5.42. The molecule has 0 spiro atoms. The van der Waals surface area contributed by atoms with Crippen LogP contribution in [-0.4, -0.2) is 24.1 Å². The zero-order chi connectivity index (χ0) is 13.3. The molecule has 1 aliphatic rings. The lowest BCUT2D eigenvalue weighted by atomic mass is 10.0. The molecule has 1 heterocycles. The molecule has 1 aliphatic heterocycles. The van der Waals surface area contributed by atoms with E-state index in [9.17, 15) is 9.59 Å². The van der Waals surface area contributed by atoms with Crippen LogP contribution in [0.4, 0.5) is 0 Å². The molecule has 0 fully saturated rings. The van der Waals surface area contributed by atoms with E-state index in [1.807, 2.05) is 0 Å².